The van der Waals surface area contributed by atoms with E-state index < -0.39 is 0 Å². The van der Waals surface area contributed by atoms with Crippen LogP contribution in [0.3, 0.4) is 0 Å². The normalized spacial score (nSPS) is 33.5. The Balaban J connectivity index is 2.06. The molecule has 1 aromatic carbocycles. The van der Waals surface area contributed by atoms with Gasteiger partial charge >= 0.3 is 0 Å². The van der Waals surface area contributed by atoms with Crippen LogP contribution >= 0.6 is 0 Å². The number of nitriles is 1. The van der Waals surface area contributed by atoms with Crippen LogP contribution in [0.5, 0.6) is 5.75 Å². The van der Waals surface area contributed by atoms with Crippen LogP contribution in [0.2, 0.25) is 0 Å². The Morgan fingerprint density at radius 2 is 2.32 bits per heavy atom. The topological polar surface area (TPSA) is 47.3 Å². The molecular weight excluding hydrogens is 236 g/mol. The quantitative estimate of drug-likeness (QED) is 0.785. The zero-order valence-corrected chi connectivity index (χ0v) is 11.6. The molecule has 0 amide bonds. The molecule has 3 rings (SSSR count). The minimum atomic E-state index is 0.128. The van der Waals surface area contributed by atoms with Crippen molar-refractivity contribution >= 4 is 0 Å². The molecule has 2 aliphatic rings. The molecule has 1 aliphatic carbocycles. The first kappa shape index (κ1) is 12.5. The number of benzene rings is 1. The lowest BCUT2D eigenvalue weighted by Gasteiger charge is -2.54. The van der Waals surface area contributed by atoms with E-state index in [1.54, 1.807) is 6.07 Å². The zero-order chi connectivity index (χ0) is 13.6. The van der Waals surface area contributed by atoms with Crippen LogP contribution in [0.4, 0.5) is 0 Å². The fourth-order valence-corrected chi connectivity index (χ4v) is 3.98. The molecule has 1 fully saturated rings. The van der Waals surface area contributed by atoms with Gasteiger partial charge in [0.05, 0.1) is 12.6 Å². The van der Waals surface area contributed by atoms with E-state index in [0.29, 0.717) is 24.3 Å². The van der Waals surface area contributed by atoms with Gasteiger partial charge in [-0.1, -0.05) is 19.9 Å². The standard InChI is InChI=1S/C16H20N2O/c1-11-15-9-12-3-4-13(19)10-14(12)16(11,2)5-7-18(15)8-6-17/h3-4,10-11,15,19H,5,7-9H2,1-2H3/t11?,15?,16-/m0/s1. The van der Waals surface area contributed by atoms with E-state index in [2.05, 4.69) is 30.9 Å². The summed E-state index contributed by atoms with van der Waals surface area (Å²) in [5.74, 6) is 0.883. The maximum absolute atomic E-state index is 9.77. The van der Waals surface area contributed by atoms with Crippen molar-refractivity contribution in [3.63, 3.8) is 0 Å². The van der Waals surface area contributed by atoms with E-state index in [4.69, 9.17) is 5.26 Å². The maximum atomic E-state index is 9.77. The number of phenolic OH excluding ortho intramolecular Hbond substituents is 1. The molecule has 0 saturated carbocycles. The molecule has 1 N–H and O–H groups in total. The summed E-state index contributed by atoms with van der Waals surface area (Å²) < 4.78 is 0. The Hall–Kier alpha value is -1.53. The van der Waals surface area contributed by atoms with Gasteiger partial charge in [-0.3, -0.25) is 4.90 Å². The van der Waals surface area contributed by atoms with Crippen LogP contribution in [-0.2, 0) is 11.8 Å². The van der Waals surface area contributed by atoms with E-state index in [-0.39, 0.29) is 5.41 Å². The van der Waals surface area contributed by atoms with E-state index in [1.165, 1.54) is 11.1 Å². The summed E-state index contributed by atoms with van der Waals surface area (Å²) in [4.78, 5) is 2.32. The molecule has 2 unspecified atom stereocenters. The van der Waals surface area contributed by atoms with Crippen LogP contribution in [0.25, 0.3) is 0 Å². The number of hydrogen-bond acceptors (Lipinski definition) is 3. The zero-order valence-electron chi connectivity index (χ0n) is 11.6. The maximum Gasteiger partial charge on any atom is 0.115 e. The molecule has 3 atom stereocenters. The average molecular weight is 256 g/mol. The SMILES string of the molecule is CC1C2Cc3ccc(O)cc3[C@@]1(C)CCN2CC#N. The van der Waals surface area contributed by atoms with Crippen LogP contribution in [-0.4, -0.2) is 29.1 Å². The van der Waals surface area contributed by atoms with Crippen molar-refractivity contribution in [2.24, 2.45) is 5.92 Å². The Morgan fingerprint density at radius 1 is 1.53 bits per heavy atom. The molecule has 1 saturated heterocycles. The van der Waals surface area contributed by atoms with Crippen molar-refractivity contribution in [1.82, 2.24) is 4.90 Å². The molecule has 1 heterocycles. The minimum absolute atomic E-state index is 0.128. The molecule has 3 heteroatoms. The first-order chi connectivity index (χ1) is 9.06. The molecule has 1 aliphatic heterocycles. The van der Waals surface area contributed by atoms with Crippen molar-refractivity contribution in [3.8, 4) is 11.8 Å². The van der Waals surface area contributed by atoms with E-state index in [1.807, 2.05) is 6.07 Å². The summed E-state index contributed by atoms with van der Waals surface area (Å²) in [6.07, 6.45) is 2.05. The number of phenols is 1. The monoisotopic (exact) mass is 256 g/mol. The van der Waals surface area contributed by atoms with E-state index in [9.17, 15) is 5.11 Å². The summed E-state index contributed by atoms with van der Waals surface area (Å²) >= 11 is 0. The van der Waals surface area contributed by atoms with E-state index in [0.717, 1.165) is 19.4 Å². The Bertz CT molecular complexity index is 548. The molecule has 100 valence electrons. The smallest absolute Gasteiger partial charge is 0.115 e. The molecule has 1 aromatic rings. The second-order valence-electron chi connectivity index (χ2n) is 6.20. The van der Waals surface area contributed by atoms with Gasteiger partial charge in [0.2, 0.25) is 0 Å². The largest absolute Gasteiger partial charge is 0.508 e. The number of likely N-dealkylation sites (tertiary alicyclic amines) is 1. The second-order valence-corrected chi connectivity index (χ2v) is 6.20. The number of aromatic hydroxyl groups is 1. The third-order valence-corrected chi connectivity index (χ3v) is 5.38. The van der Waals surface area contributed by atoms with Gasteiger partial charge in [0, 0.05) is 12.6 Å². The number of piperidine rings is 1. The van der Waals surface area contributed by atoms with Crippen LogP contribution in [0.1, 0.15) is 31.4 Å². The summed E-state index contributed by atoms with van der Waals surface area (Å²) in [5, 5.41) is 18.7. The lowest BCUT2D eigenvalue weighted by atomic mass is 9.59. The highest BCUT2D eigenvalue weighted by Crippen LogP contribution is 2.49. The number of nitrogens with zero attached hydrogens (tertiary/aromatic N) is 2. The lowest BCUT2D eigenvalue weighted by Crippen LogP contribution is -2.57. The molecule has 0 aromatic heterocycles. The summed E-state index contributed by atoms with van der Waals surface area (Å²) in [6.45, 7) is 6.11. The van der Waals surface area contributed by atoms with Crippen molar-refractivity contribution in [1.29, 1.82) is 5.26 Å². The molecular formula is C16H20N2O. The second kappa shape index (κ2) is 4.25. The van der Waals surface area contributed by atoms with Gasteiger partial charge in [0.25, 0.3) is 0 Å². The minimum Gasteiger partial charge on any atom is -0.508 e. The summed E-state index contributed by atoms with van der Waals surface area (Å²) in [7, 11) is 0. The van der Waals surface area contributed by atoms with Gasteiger partial charge in [-0.15, -0.1) is 0 Å². The fourth-order valence-electron chi connectivity index (χ4n) is 3.98. The number of rotatable bonds is 1. The Morgan fingerprint density at radius 3 is 3.05 bits per heavy atom. The van der Waals surface area contributed by atoms with Gasteiger partial charge in [-0.05, 0) is 47.4 Å². The highest BCUT2D eigenvalue weighted by molar-refractivity contribution is 5.44. The van der Waals surface area contributed by atoms with Gasteiger partial charge < -0.3 is 5.11 Å². The molecule has 0 radical (unpaired) electrons. The first-order valence-corrected chi connectivity index (χ1v) is 6.99. The van der Waals surface area contributed by atoms with Crippen LogP contribution in [0, 0.1) is 17.2 Å². The average Bonchev–Trinajstić information content (AvgIpc) is 2.38. The van der Waals surface area contributed by atoms with Crippen LogP contribution in [0.15, 0.2) is 18.2 Å². The summed E-state index contributed by atoms with van der Waals surface area (Å²) in [5.41, 5.74) is 2.78. The number of hydrogen-bond donors (Lipinski definition) is 1. The predicted molar refractivity (Wildman–Crippen MR) is 73.9 cm³/mol. The third-order valence-electron chi connectivity index (χ3n) is 5.38. The number of fused-ring (bicyclic) bond motifs is 4. The Labute approximate surface area is 114 Å². The fraction of sp³-hybridized carbons (Fsp3) is 0.562. The van der Waals surface area contributed by atoms with Gasteiger partial charge in [0.15, 0.2) is 0 Å². The highest BCUT2D eigenvalue weighted by Gasteiger charge is 2.48. The highest BCUT2D eigenvalue weighted by atomic mass is 16.3. The van der Waals surface area contributed by atoms with Crippen molar-refractivity contribution in [3.05, 3.63) is 29.3 Å². The summed E-state index contributed by atoms with van der Waals surface area (Å²) in [6, 6.07) is 8.53. The van der Waals surface area contributed by atoms with Crippen molar-refractivity contribution in [2.45, 2.75) is 38.1 Å². The van der Waals surface area contributed by atoms with Crippen molar-refractivity contribution < 1.29 is 5.11 Å². The van der Waals surface area contributed by atoms with Crippen molar-refractivity contribution in [2.75, 3.05) is 13.1 Å². The Kier molecular flexibility index (Phi) is 2.79. The van der Waals surface area contributed by atoms with E-state index >= 15 is 0 Å². The van der Waals surface area contributed by atoms with Gasteiger partial charge in [-0.25, -0.2) is 0 Å². The van der Waals surface area contributed by atoms with Gasteiger partial charge in [-0.2, -0.15) is 5.26 Å². The lowest BCUT2D eigenvalue weighted by molar-refractivity contribution is 0.0409. The molecule has 2 bridgehead atoms. The van der Waals surface area contributed by atoms with Crippen LogP contribution < -0.4 is 0 Å². The first-order valence-electron chi connectivity index (χ1n) is 6.99. The predicted octanol–water partition coefficient (Wildman–Crippen LogP) is 2.44. The molecule has 0 spiro atoms. The van der Waals surface area contributed by atoms with Gasteiger partial charge in [0.1, 0.15) is 5.75 Å². The third kappa shape index (κ3) is 1.74. The molecule has 19 heavy (non-hydrogen) atoms. The molecule has 3 nitrogen and oxygen atoms in total.